The molecule has 1 N–H and O–H groups in total. The Morgan fingerprint density at radius 1 is 1.30 bits per heavy atom. The lowest BCUT2D eigenvalue weighted by atomic mass is 10.1. The zero-order valence-electron chi connectivity index (χ0n) is 15.5. The minimum Gasteiger partial charge on any atom is -0.376 e. The molecule has 0 radical (unpaired) electrons. The van der Waals surface area contributed by atoms with Gasteiger partial charge in [0.05, 0.1) is 12.5 Å². The molecule has 1 atom stereocenters. The standard InChI is InChI=1S/C21H24N4O2/c1-2-19-24-18-6-3-11-22-21(18)25(19)16-9-7-15(8-10-16)13-20(26)23-14-17-5-4-12-27-17/h3,6-11,17H,2,4-5,12-14H2,1H3,(H,23,26)/t17-/m1/s1. The summed E-state index contributed by atoms with van der Waals surface area (Å²) < 4.78 is 7.62. The lowest BCUT2D eigenvalue weighted by molar-refractivity contribution is -0.120. The van der Waals surface area contributed by atoms with Crippen LogP contribution in [0.4, 0.5) is 0 Å². The molecule has 1 saturated heterocycles. The fourth-order valence-corrected chi connectivity index (χ4v) is 3.51. The van der Waals surface area contributed by atoms with Gasteiger partial charge in [0, 0.05) is 31.5 Å². The molecule has 1 aliphatic rings. The Balaban J connectivity index is 1.47. The molecule has 6 nitrogen and oxygen atoms in total. The number of benzene rings is 1. The molecule has 0 unspecified atom stereocenters. The van der Waals surface area contributed by atoms with E-state index in [0.29, 0.717) is 13.0 Å². The van der Waals surface area contributed by atoms with E-state index in [9.17, 15) is 4.79 Å². The SMILES string of the molecule is CCc1nc2cccnc2n1-c1ccc(CC(=O)NC[C@H]2CCCO2)cc1. The van der Waals surface area contributed by atoms with Gasteiger partial charge in [0.1, 0.15) is 11.3 Å². The van der Waals surface area contributed by atoms with Crippen LogP contribution in [0, 0.1) is 0 Å². The summed E-state index contributed by atoms with van der Waals surface area (Å²) in [6.45, 7) is 3.49. The van der Waals surface area contributed by atoms with E-state index in [2.05, 4.69) is 26.8 Å². The number of aromatic nitrogens is 3. The van der Waals surface area contributed by atoms with Gasteiger partial charge in [0.2, 0.25) is 5.91 Å². The van der Waals surface area contributed by atoms with Crippen molar-refractivity contribution in [3.63, 3.8) is 0 Å². The summed E-state index contributed by atoms with van der Waals surface area (Å²) in [6.07, 6.45) is 5.26. The molecular weight excluding hydrogens is 340 g/mol. The summed E-state index contributed by atoms with van der Waals surface area (Å²) in [5.41, 5.74) is 3.75. The van der Waals surface area contributed by atoms with Crippen LogP contribution in [0.15, 0.2) is 42.6 Å². The van der Waals surface area contributed by atoms with Crippen molar-refractivity contribution in [2.24, 2.45) is 0 Å². The summed E-state index contributed by atoms with van der Waals surface area (Å²) in [7, 11) is 0. The highest BCUT2D eigenvalue weighted by molar-refractivity contribution is 5.78. The molecule has 3 heterocycles. The molecule has 3 aromatic rings. The Morgan fingerprint density at radius 3 is 2.89 bits per heavy atom. The van der Waals surface area contributed by atoms with Crippen LogP contribution in [0.25, 0.3) is 16.9 Å². The van der Waals surface area contributed by atoms with E-state index in [1.807, 2.05) is 36.4 Å². The topological polar surface area (TPSA) is 69.0 Å². The lowest BCUT2D eigenvalue weighted by Crippen LogP contribution is -2.32. The molecule has 0 spiro atoms. The number of aryl methyl sites for hydroxylation is 1. The predicted molar refractivity (Wildman–Crippen MR) is 104 cm³/mol. The number of hydrogen-bond acceptors (Lipinski definition) is 4. The maximum Gasteiger partial charge on any atom is 0.224 e. The molecule has 0 bridgehead atoms. The van der Waals surface area contributed by atoms with E-state index in [1.54, 1.807) is 6.20 Å². The number of nitrogens with one attached hydrogen (secondary N) is 1. The normalized spacial score (nSPS) is 16.7. The molecule has 1 fully saturated rings. The van der Waals surface area contributed by atoms with Gasteiger partial charge in [0.25, 0.3) is 0 Å². The summed E-state index contributed by atoms with van der Waals surface area (Å²) in [4.78, 5) is 21.3. The third-order valence-corrected chi connectivity index (χ3v) is 4.91. The maximum absolute atomic E-state index is 12.2. The largest absolute Gasteiger partial charge is 0.376 e. The van der Waals surface area contributed by atoms with Gasteiger partial charge in [-0.1, -0.05) is 19.1 Å². The maximum atomic E-state index is 12.2. The summed E-state index contributed by atoms with van der Waals surface area (Å²) in [5, 5.41) is 2.97. The number of hydrogen-bond donors (Lipinski definition) is 1. The van der Waals surface area contributed by atoms with Gasteiger partial charge in [-0.3, -0.25) is 9.36 Å². The van der Waals surface area contributed by atoms with E-state index in [1.165, 1.54) is 0 Å². The number of imidazole rings is 1. The molecule has 1 amide bonds. The second-order valence-electron chi connectivity index (χ2n) is 6.85. The third-order valence-electron chi connectivity index (χ3n) is 4.91. The Kier molecular flexibility index (Phi) is 5.16. The van der Waals surface area contributed by atoms with E-state index in [0.717, 1.165) is 54.1 Å². The Morgan fingerprint density at radius 2 is 2.15 bits per heavy atom. The molecule has 140 valence electrons. The second kappa shape index (κ2) is 7.88. The highest BCUT2D eigenvalue weighted by atomic mass is 16.5. The van der Waals surface area contributed by atoms with Crippen LogP contribution in [0.5, 0.6) is 0 Å². The minimum atomic E-state index is 0.0299. The van der Waals surface area contributed by atoms with Crippen molar-refractivity contribution < 1.29 is 9.53 Å². The zero-order chi connectivity index (χ0) is 18.6. The number of carbonyl (C=O) groups is 1. The van der Waals surface area contributed by atoms with Crippen LogP contribution in [0.1, 0.15) is 31.2 Å². The molecule has 4 rings (SSSR count). The molecule has 1 aromatic carbocycles. The van der Waals surface area contributed by atoms with Gasteiger partial charge in [-0.15, -0.1) is 0 Å². The average molecular weight is 364 g/mol. The van der Waals surface area contributed by atoms with Crippen LogP contribution in [0.3, 0.4) is 0 Å². The summed E-state index contributed by atoms with van der Waals surface area (Å²) in [6, 6.07) is 11.9. The first-order valence-corrected chi connectivity index (χ1v) is 9.54. The third kappa shape index (κ3) is 3.85. The molecule has 27 heavy (non-hydrogen) atoms. The van der Waals surface area contributed by atoms with Gasteiger partial charge in [-0.2, -0.15) is 0 Å². The minimum absolute atomic E-state index is 0.0299. The Labute approximate surface area is 158 Å². The fraction of sp³-hybridized carbons (Fsp3) is 0.381. The monoisotopic (exact) mass is 364 g/mol. The number of fused-ring (bicyclic) bond motifs is 1. The van der Waals surface area contributed by atoms with Crippen molar-refractivity contribution in [3.8, 4) is 5.69 Å². The van der Waals surface area contributed by atoms with Crippen LogP contribution < -0.4 is 5.32 Å². The highest BCUT2D eigenvalue weighted by Crippen LogP contribution is 2.20. The highest BCUT2D eigenvalue weighted by Gasteiger charge is 2.16. The number of pyridine rings is 1. The quantitative estimate of drug-likeness (QED) is 0.730. The lowest BCUT2D eigenvalue weighted by Gasteiger charge is -2.11. The number of ether oxygens (including phenoxy) is 1. The number of amides is 1. The van der Waals surface area contributed by atoms with Crippen LogP contribution in [0.2, 0.25) is 0 Å². The number of carbonyl (C=O) groups excluding carboxylic acids is 1. The van der Waals surface area contributed by atoms with Crippen molar-refractivity contribution in [3.05, 3.63) is 54.0 Å². The first-order valence-electron chi connectivity index (χ1n) is 9.54. The van der Waals surface area contributed by atoms with Crippen LogP contribution in [-0.2, 0) is 22.4 Å². The molecule has 2 aromatic heterocycles. The summed E-state index contributed by atoms with van der Waals surface area (Å²) >= 11 is 0. The predicted octanol–water partition coefficient (Wildman–Crippen LogP) is 2.82. The van der Waals surface area contributed by atoms with E-state index >= 15 is 0 Å². The van der Waals surface area contributed by atoms with E-state index in [-0.39, 0.29) is 12.0 Å². The molecule has 1 aliphatic heterocycles. The average Bonchev–Trinajstić information content (AvgIpc) is 3.34. The smallest absolute Gasteiger partial charge is 0.224 e. The van der Waals surface area contributed by atoms with Crippen molar-refractivity contribution >= 4 is 17.1 Å². The molecular formula is C21H24N4O2. The van der Waals surface area contributed by atoms with E-state index < -0.39 is 0 Å². The first kappa shape index (κ1) is 17.7. The zero-order valence-corrected chi connectivity index (χ0v) is 15.5. The van der Waals surface area contributed by atoms with Gasteiger partial charge in [-0.25, -0.2) is 9.97 Å². The fourth-order valence-electron chi connectivity index (χ4n) is 3.51. The molecule has 6 heteroatoms. The van der Waals surface area contributed by atoms with Crippen molar-refractivity contribution in [2.75, 3.05) is 13.2 Å². The van der Waals surface area contributed by atoms with Crippen molar-refractivity contribution in [1.82, 2.24) is 19.9 Å². The Bertz CT molecular complexity index is 927. The number of nitrogens with zero attached hydrogens (tertiary/aromatic N) is 3. The van der Waals surface area contributed by atoms with E-state index in [4.69, 9.17) is 4.74 Å². The molecule has 0 aliphatic carbocycles. The van der Waals surface area contributed by atoms with Crippen LogP contribution >= 0.6 is 0 Å². The number of rotatable bonds is 6. The first-order chi connectivity index (χ1) is 13.2. The Hall–Kier alpha value is -2.73. The second-order valence-corrected chi connectivity index (χ2v) is 6.85. The van der Waals surface area contributed by atoms with Gasteiger partial charge >= 0.3 is 0 Å². The van der Waals surface area contributed by atoms with Gasteiger partial charge < -0.3 is 10.1 Å². The van der Waals surface area contributed by atoms with Crippen molar-refractivity contribution in [1.29, 1.82) is 0 Å². The van der Waals surface area contributed by atoms with Crippen molar-refractivity contribution in [2.45, 2.75) is 38.7 Å². The summed E-state index contributed by atoms with van der Waals surface area (Å²) in [5.74, 6) is 1.01. The van der Waals surface area contributed by atoms with Gasteiger partial charge in [0.15, 0.2) is 5.65 Å². The van der Waals surface area contributed by atoms with Crippen LogP contribution in [-0.4, -0.2) is 39.7 Å². The molecule has 0 saturated carbocycles. The van der Waals surface area contributed by atoms with Gasteiger partial charge in [-0.05, 0) is 42.7 Å².